The van der Waals surface area contributed by atoms with Crippen molar-refractivity contribution in [2.75, 3.05) is 11.9 Å². The molecule has 0 bridgehead atoms. The van der Waals surface area contributed by atoms with E-state index in [0.717, 1.165) is 17.8 Å². The van der Waals surface area contributed by atoms with Crippen LogP contribution >= 0.6 is 11.3 Å². The summed E-state index contributed by atoms with van der Waals surface area (Å²) in [6.07, 6.45) is 6.55. The second-order valence-corrected chi connectivity index (χ2v) is 7.43. The van der Waals surface area contributed by atoms with Gasteiger partial charge in [-0.3, -0.25) is 14.9 Å². The highest BCUT2D eigenvalue weighted by Gasteiger charge is 2.20. The molecule has 1 aliphatic rings. The second-order valence-electron chi connectivity index (χ2n) is 6.42. The van der Waals surface area contributed by atoms with Crippen molar-refractivity contribution >= 4 is 28.2 Å². The molecule has 1 fully saturated rings. The molecule has 0 unspecified atom stereocenters. The Morgan fingerprint density at radius 1 is 1.15 bits per heavy atom. The number of benzene rings is 1. The molecular weight excluding hydrogens is 350 g/mol. The number of aromatic nitrogens is 2. The van der Waals surface area contributed by atoms with Crippen LogP contribution in [0.5, 0.6) is 5.75 Å². The van der Waals surface area contributed by atoms with Crippen molar-refractivity contribution in [1.82, 2.24) is 10.2 Å². The Morgan fingerprint density at radius 3 is 2.58 bits per heavy atom. The van der Waals surface area contributed by atoms with Crippen molar-refractivity contribution in [2.24, 2.45) is 0 Å². The normalized spacial score (nSPS) is 14.8. The van der Waals surface area contributed by atoms with E-state index in [1.165, 1.54) is 30.6 Å². The third-order valence-electron chi connectivity index (χ3n) is 4.51. The maximum absolute atomic E-state index is 12.0. The number of ketones is 1. The number of rotatable bonds is 7. The first-order valence-electron chi connectivity index (χ1n) is 9.05. The van der Waals surface area contributed by atoms with Crippen LogP contribution in [0.4, 0.5) is 5.13 Å². The molecule has 1 N–H and O–H groups in total. The number of hydrogen-bond acceptors (Lipinski definition) is 6. The van der Waals surface area contributed by atoms with Gasteiger partial charge < -0.3 is 4.74 Å². The summed E-state index contributed by atoms with van der Waals surface area (Å²) in [5, 5.41) is 12.6. The van der Waals surface area contributed by atoms with E-state index >= 15 is 0 Å². The molecule has 0 spiro atoms. The summed E-state index contributed by atoms with van der Waals surface area (Å²) in [6.45, 7) is 1.71. The minimum absolute atomic E-state index is 0.0827. The van der Waals surface area contributed by atoms with Crippen molar-refractivity contribution in [2.45, 2.75) is 51.4 Å². The summed E-state index contributed by atoms with van der Waals surface area (Å²) in [5.41, 5.74) is 0.647. The van der Waals surface area contributed by atoms with Gasteiger partial charge in [0.25, 0.3) is 5.91 Å². The standard InChI is InChI=1S/C19H23N3O3S/c1-2-16(23)13-8-10-15(11-9-13)25-12-17(24)20-19-22-21-18(26-19)14-6-4-3-5-7-14/h8-11,14H,2-7,12H2,1H3,(H,20,22,24). The Labute approximate surface area is 157 Å². The lowest BCUT2D eigenvalue weighted by atomic mass is 9.90. The van der Waals surface area contributed by atoms with Gasteiger partial charge in [-0.25, -0.2) is 0 Å². The van der Waals surface area contributed by atoms with Crippen molar-refractivity contribution in [3.63, 3.8) is 0 Å². The largest absolute Gasteiger partial charge is 0.484 e. The maximum Gasteiger partial charge on any atom is 0.264 e. The maximum atomic E-state index is 12.0. The van der Waals surface area contributed by atoms with E-state index in [0.29, 0.717) is 28.8 Å². The number of nitrogens with zero attached hydrogens (tertiary/aromatic N) is 2. The lowest BCUT2D eigenvalue weighted by Gasteiger charge is -2.18. The lowest BCUT2D eigenvalue weighted by Crippen LogP contribution is -2.20. The third kappa shape index (κ3) is 4.88. The SMILES string of the molecule is CCC(=O)c1ccc(OCC(=O)Nc2nnc(C3CCCCC3)s2)cc1. The highest BCUT2D eigenvalue weighted by molar-refractivity contribution is 7.15. The minimum Gasteiger partial charge on any atom is -0.484 e. The van der Waals surface area contributed by atoms with E-state index in [1.807, 2.05) is 6.92 Å². The van der Waals surface area contributed by atoms with Gasteiger partial charge in [-0.1, -0.05) is 37.5 Å². The molecule has 6 nitrogen and oxygen atoms in total. The molecule has 0 atom stereocenters. The molecule has 0 saturated heterocycles. The fourth-order valence-electron chi connectivity index (χ4n) is 3.05. The van der Waals surface area contributed by atoms with Crippen LogP contribution in [-0.2, 0) is 4.79 Å². The van der Waals surface area contributed by atoms with E-state index in [4.69, 9.17) is 4.74 Å². The Hall–Kier alpha value is -2.28. The number of hydrogen-bond donors (Lipinski definition) is 1. The van der Waals surface area contributed by atoms with E-state index in [9.17, 15) is 9.59 Å². The predicted octanol–water partition coefficient (Wildman–Crippen LogP) is 4.20. The van der Waals surface area contributed by atoms with E-state index in [2.05, 4.69) is 15.5 Å². The van der Waals surface area contributed by atoms with Crippen LogP contribution in [0.1, 0.15) is 66.7 Å². The van der Waals surface area contributed by atoms with Crippen LogP contribution in [0.25, 0.3) is 0 Å². The molecule has 1 heterocycles. The molecule has 26 heavy (non-hydrogen) atoms. The number of amides is 1. The number of carbonyl (C=O) groups is 2. The molecule has 0 radical (unpaired) electrons. The number of anilines is 1. The smallest absolute Gasteiger partial charge is 0.264 e. The number of ether oxygens (including phenoxy) is 1. The van der Waals surface area contributed by atoms with Crippen molar-refractivity contribution in [3.8, 4) is 5.75 Å². The second kappa shape index (κ2) is 8.89. The first kappa shape index (κ1) is 18.5. The highest BCUT2D eigenvalue weighted by Crippen LogP contribution is 2.35. The van der Waals surface area contributed by atoms with Gasteiger partial charge in [-0.05, 0) is 37.1 Å². The Bertz CT molecular complexity index is 752. The fourth-order valence-corrected chi connectivity index (χ4v) is 3.97. The molecular formula is C19H23N3O3S. The van der Waals surface area contributed by atoms with Gasteiger partial charge in [0.1, 0.15) is 10.8 Å². The van der Waals surface area contributed by atoms with Crippen molar-refractivity contribution in [1.29, 1.82) is 0 Å². The quantitative estimate of drug-likeness (QED) is 0.736. The number of nitrogens with one attached hydrogen (secondary N) is 1. The third-order valence-corrected chi connectivity index (χ3v) is 5.51. The summed E-state index contributed by atoms with van der Waals surface area (Å²) in [4.78, 5) is 23.6. The molecule has 1 aromatic heterocycles. The first-order chi connectivity index (χ1) is 12.7. The molecule has 1 amide bonds. The number of Topliss-reactive ketones (excluding diaryl/α,β-unsaturated/α-hetero) is 1. The van der Waals surface area contributed by atoms with Crippen LogP contribution in [0.15, 0.2) is 24.3 Å². The summed E-state index contributed by atoms with van der Waals surface area (Å²) in [7, 11) is 0. The van der Waals surface area contributed by atoms with Gasteiger partial charge in [-0.15, -0.1) is 10.2 Å². The topological polar surface area (TPSA) is 81.2 Å². The van der Waals surface area contributed by atoms with Gasteiger partial charge in [0, 0.05) is 17.9 Å². The van der Waals surface area contributed by atoms with Crippen LogP contribution < -0.4 is 10.1 Å². The average Bonchev–Trinajstić information content (AvgIpc) is 3.15. The van der Waals surface area contributed by atoms with Crippen molar-refractivity contribution < 1.29 is 14.3 Å². The van der Waals surface area contributed by atoms with Gasteiger partial charge >= 0.3 is 0 Å². The molecule has 138 valence electrons. The zero-order valence-corrected chi connectivity index (χ0v) is 15.7. The molecule has 1 saturated carbocycles. The fraction of sp³-hybridized carbons (Fsp3) is 0.474. The van der Waals surface area contributed by atoms with Crippen LogP contribution in [0.2, 0.25) is 0 Å². The summed E-state index contributed by atoms with van der Waals surface area (Å²) >= 11 is 1.45. The number of carbonyl (C=O) groups excluding carboxylic acids is 2. The van der Waals surface area contributed by atoms with Crippen LogP contribution in [0.3, 0.4) is 0 Å². The highest BCUT2D eigenvalue weighted by atomic mass is 32.1. The summed E-state index contributed by atoms with van der Waals surface area (Å²) in [5.74, 6) is 0.838. The monoisotopic (exact) mass is 373 g/mol. The van der Waals surface area contributed by atoms with Gasteiger partial charge in [0.15, 0.2) is 12.4 Å². The Kier molecular flexibility index (Phi) is 6.33. The predicted molar refractivity (Wildman–Crippen MR) is 101 cm³/mol. The molecule has 3 rings (SSSR count). The van der Waals surface area contributed by atoms with Crippen LogP contribution in [-0.4, -0.2) is 28.5 Å². The van der Waals surface area contributed by atoms with E-state index in [-0.39, 0.29) is 18.3 Å². The minimum atomic E-state index is -0.273. The van der Waals surface area contributed by atoms with Crippen molar-refractivity contribution in [3.05, 3.63) is 34.8 Å². The lowest BCUT2D eigenvalue weighted by molar-refractivity contribution is -0.118. The van der Waals surface area contributed by atoms with E-state index in [1.54, 1.807) is 24.3 Å². The van der Waals surface area contributed by atoms with Gasteiger partial charge in [-0.2, -0.15) is 0 Å². The Morgan fingerprint density at radius 2 is 1.88 bits per heavy atom. The molecule has 2 aromatic rings. The molecule has 0 aliphatic heterocycles. The van der Waals surface area contributed by atoms with Gasteiger partial charge in [0.05, 0.1) is 0 Å². The first-order valence-corrected chi connectivity index (χ1v) is 9.86. The molecule has 1 aliphatic carbocycles. The Balaban J connectivity index is 1.48. The zero-order valence-electron chi connectivity index (χ0n) is 14.9. The molecule has 1 aromatic carbocycles. The molecule has 7 heteroatoms. The zero-order chi connectivity index (χ0) is 18.4. The van der Waals surface area contributed by atoms with Gasteiger partial charge in [0.2, 0.25) is 5.13 Å². The van der Waals surface area contributed by atoms with E-state index < -0.39 is 0 Å². The summed E-state index contributed by atoms with van der Waals surface area (Å²) in [6, 6.07) is 6.81. The summed E-state index contributed by atoms with van der Waals surface area (Å²) < 4.78 is 5.46. The van der Waals surface area contributed by atoms with Crippen LogP contribution in [0, 0.1) is 0 Å². The average molecular weight is 373 g/mol.